The Labute approximate surface area is 134 Å². The normalized spacial score (nSPS) is 11.7. The third-order valence-corrected chi connectivity index (χ3v) is 3.22. The minimum atomic E-state index is -0.806. The standard InChI is InChI=1S/C17H20N2O4/c1-3-22-16(20)11-15(17(21)23-4-2)19-14-9-5-8-13-12(14)7-6-10-18-13/h5-10,15,19H,3-4,11H2,1-2H3/t15-/m0/s1. The lowest BCUT2D eigenvalue weighted by Crippen LogP contribution is -2.34. The molecule has 1 heterocycles. The van der Waals surface area contributed by atoms with E-state index in [4.69, 9.17) is 9.47 Å². The third-order valence-electron chi connectivity index (χ3n) is 3.22. The minimum absolute atomic E-state index is 0.0939. The second kappa shape index (κ2) is 8.12. The van der Waals surface area contributed by atoms with E-state index < -0.39 is 18.0 Å². The van der Waals surface area contributed by atoms with Gasteiger partial charge in [0, 0.05) is 17.3 Å². The number of anilines is 1. The number of pyridine rings is 1. The average molecular weight is 316 g/mol. The van der Waals surface area contributed by atoms with Crippen molar-refractivity contribution in [2.75, 3.05) is 18.5 Å². The molecular weight excluding hydrogens is 296 g/mol. The van der Waals surface area contributed by atoms with Gasteiger partial charge in [-0.05, 0) is 38.1 Å². The summed E-state index contributed by atoms with van der Waals surface area (Å²) >= 11 is 0. The van der Waals surface area contributed by atoms with Crippen LogP contribution in [0.25, 0.3) is 10.9 Å². The molecule has 23 heavy (non-hydrogen) atoms. The molecule has 6 heteroatoms. The van der Waals surface area contributed by atoms with Gasteiger partial charge in [-0.15, -0.1) is 0 Å². The van der Waals surface area contributed by atoms with Crippen LogP contribution in [0.15, 0.2) is 36.5 Å². The van der Waals surface area contributed by atoms with Crippen LogP contribution < -0.4 is 5.32 Å². The van der Waals surface area contributed by atoms with Crippen molar-refractivity contribution in [2.45, 2.75) is 26.3 Å². The fourth-order valence-electron chi connectivity index (χ4n) is 2.24. The highest BCUT2D eigenvalue weighted by Gasteiger charge is 2.24. The Bertz CT molecular complexity index is 682. The lowest BCUT2D eigenvalue weighted by molar-refractivity contribution is -0.150. The molecule has 2 rings (SSSR count). The quantitative estimate of drug-likeness (QED) is 0.791. The molecule has 0 radical (unpaired) electrons. The Hall–Kier alpha value is -2.63. The number of rotatable bonds is 7. The smallest absolute Gasteiger partial charge is 0.329 e. The molecule has 0 bridgehead atoms. The van der Waals surface area contributed by atoms with Crippen molar-refractivity contribution < 1.29 is 19.1 Å². The van der Waals surface area contributed by atoms with Gasteiger partial charge in [-0.3, -0.25) is 9.78 Å². The molecule has 1 atom stereocenters. The van der Waals surface area contributed by atoms with Gasteiger partial charge in [0.25, 0.3) is 0 Å². The zero-order chi connectivity index (χ0) is 16.7. The van der Waals surface area contributed by atoms with Gasteiger partial charge >= 0.3 is 11.9 Å². The molecule has 1 aromatic carbocycles. The van der Waals surface area contributed by atoms with Crippen LogP contribution in [0.5, 0.6) is 0 Å². The maximum atomic E-state index is 12.1. The van der Waals surface area contributed by atoms with Crippen LogP contribution in [0.4, 0.5) is 5.69 Å². The number of hydrogen-bond acceptors (Lipinski definition) is 6. The van der Waals surface area contributed by atoms with E-state index in [1.54, 1.807) is 20.0 Å². The van der Waals surface area contributed by atoms with Gasteiger partial charge < -0.3 is 14.8 Å². The molecule has 0 amide bonds. The van der Waals surface area contributed by atoms with E-state index in [-0.39, 0.29) is 19.6 Å². The Morgan fingerprint density at radius 1 is 1.13 bits per heavy atom. The summed E-state index contributed by atoms with van der Waals surface area (Å²) in [5, 5.41) is 3.95. The van der Waals surface area contributed by atoms with Crippen LogP contribution in [0.3, 0.4) is 0 Å². The molecular formula is C17H20N2O4. The molecule has 0 saturated carbocycles. The van der Waals surface area contributed by atoms with Gasteiger partial charge in [-0.25, -0.2) is 4.79 Å². The van der Waals surface area contributed by atoms with E-state index in [1.165, 1.54) is 0 Å². The van der Waals surface area contributed by atoms with Gasteiger partial charge in [0.2, 0.25) is 0 Å². The molecule has 1 N–H and O–H groups in total. The summed E-state index contributed by atoms with van der Waals surface area (Å²) < 4.78 is 9.97. The van der Waals surface area contributed by atoms with Crippen LogP contribution in [-0.4, -0.2) is 36.2 Å². The number of esters is 2. The summed E-state index contributed by atoms with van der Waals surface area (Å²) in [7, 11) is 0. The van der Waals surface area contributed by atoms with Gasteiger partial charge in [-0.2, -0.15) is 0 Å². The average Bonchev–Trinajstić information content (AvgIpc) is 2.55. The van der Waals surface area contributed by atoms with E-state index in [9.17, 15) is 9.59 Å². The fraction of sp³-hybridized carbons (Fsp3) is 0.353. The molecule has 1 aromatic heterocycles. The Morgan fingerprint density at radius 3 is 2.65 bits per heavy atom. The lowest BCUT2D eigenvalue weighted by Gasteiger charge is -2.18. The summed E-state index contributed by atoms with van der Waals surface area (Å²) in [6, 6.07) is 8.46. The molecule has 0 unspecified atom stereocenters. The van der Waals surface area contributed by atoms with E-state index in [0.717, 1.165) is 16.6 Å². The van der Waals surface area contributed by atoms with Crippen LogP contribution in [0.2, 0.25) is 0 Å². The highest BCUT2D eigenvalue weighted by molar-refractivity contribution is 5.94. The van der Waals surface area contributed by atoms with E-state index in [1.807, 2.05) is 30.3 Å². The van der Waals surface area contributed by atoms with Crippen molar-refractivity contribution in [2.24, 2.45) is 0 Å². The monoisotopic (exact) mass is 316 g/mol. The Balaban J connectivity index is 2.24. The largest absolute Gasteiger partial charge is 0.466 e. The number of carbonyl (C=O) groups is 2. The van der Waals surface area contributed by atoms with Crippen LogP contribution in [0, 0.1) is 0 Å². The van der Waals surface area contributed by atoms with Gasteiger partial charge in [-0.1, -0.05) is 6.07 Å². The molecule has 0 spiro atoms. The lowest BCUT2D eigenvalue weighted by atomic mass is 10.1. The third kappa shape index (κ3) is 4.42. The van der Waals surface area contributed by atoms with E-state index in [2.05, 4.69) is 10.3 Å². The van der Waals surface area contributed by atoms with Gasteiger partial charge in [0.05, 0.1) is 25.2 Å². The van der Waals surface area contributed by atoms with Crippen molar-refractivity contribution in [3.63, 3.8) is 0 Å². The van der Waals surface area contributed by atoms with Crippen molar-refractivity contribution >= 4 is 28.5 Å². The van der Waals surface area contributed by atoms with Crippen molar-refractivity contribution in [3.8, 4) is 0 Å². The van der Waals surface area contributed by atoms with E-state index in [0.29, 0.717) is 0 Å². The predicted molar refractivity (Wildman–Crippen MR) is 87.0 cm³/mol. The number of nitrogens with zero attached hydrogens (tertiary/aromatic N) is 1. The minimum Gasteiger partial charge on any atom is -0.466 e. The second-order valence-electron chi connectivity index (χ2n) is 4.83. The fourth-order valence-corrected chi connectivity index (χ4v) is 2.24. The maximum absolute atomic E-state index is 12.1. The highest BCUT2D eigenvalue weighted by atomic mass is 16.5. The highest BCUT2D eigenvalue weighted by Crippen LogP contribution is 2.22. The molecule has 122 valence electrons. The summed E-state index contributed by atoms with van der Waals surface area (Å²) in [5.41, 5.74) is 1.52. The molecule has 0 aliphatic heterocycles. The number of fused-ring (bicyclic) bond motifs is 1. The number of nitrogens with one attached hydrogen (secondary N) is 1. The SMILES string of the molecule is CCOC(=O)C[C@H](Nc1cccc2ncccc12)C(=O)OCC. The molecule has 6 nitrogen and oxygen atoms in total. The van der Waals surface area contributed by atoms with Crippen LogP contribution in [0.1, 0.15) is 20.3 Å². The molecule has 0 saturated heterocycles. The number of hydrogen-bond donors (Lipinski definition) is 1. The van der Waals surface area contributed by atoms with Crippen LogP contribution >= 0.6 is 0 Å². The van der Waals surface area contributed by atoms with Gasteiger partial charge in [0.15, 0.2) is 0 Å². The number of ether oxygens (including phenoxy) is 2. The van der Waals surface area contributed by atoms with Crippen molar-refractivity contribution in [1.29, 1.82) is 0 Å². The number of benzene rings is 1. The van der Waals surface area contributed by atoms with Gasteiger partial charge in [0.1, 0.15) is 6.04 Å². The van der Waals surface area contributed by atoms with E-state index >= 15 is 0 Å². The first-order valence-electron chi connectivity index (χ1n) is 7.58. The summed E-state index contributed by atoms with van der Waals surface area (Å²) in [6.45, 7) is 3.96. The molecule has 0 fully saturated rings. The summed E-state index contributed by atoms with van der Waals surface area (Å²) in [6.07, 6.45) is 1.61. The predicted octanol–water partition coefficient (Wildman–Crippen LogP) is 2.53. The van der Waals surface area contributed by atoms with Crippen LogP contribution in [-0.2, 0) is 19.1 Å². The molecule has 2 aromatic rings. The second-order valence-corrected chi connectivity index (χ2v) is 4.83. The zero-order valence-electron chi connectivity index (χ0n) is 13.2. The Kier molecular flexibility index (Phi) is 5.91. The van der Waals surface area contributed by atoms with Crippen molar-refractivity contribution in [3.05, 3.63) is 36.5 Å². The topological polar surface area (TPSA) is 77.5 Å². The molecule has 0 aliphatic carbocycles. The first-order chi connectivity index (χ1) is 11.2. The summed E-state index contributed by atoms with van der Waals surface area (Å²) in [5.74, 6) is -0.933. The first kappa shape index (κ1) is 16.7. The maximum Gasteiger partial charge on any atom is 0.329 e. The Morgan fingerprint density at radius 2 is 1.91 bits per heavy atom. The molecule has 0 aliphatic rings. The zero-order valence-corrected chi connectivity index (χ0v) is 13.2. The first-order valence-corrected chi connectivity index (χ1v) is 7.58. The van der Waals surface area contributed by atoms with Crippen molar-refractivity contribution in [1.82, 2.24) is 4.98 Å². The number of carbonyl (C=O) groups excluding carboxylic acids is 2. The summed E-state index contributed by atoms with van der Waals surface area (Å²) in [4.78, 5) is 28.1. The number of aromatic nitrogens is 1.